The zero-order valence-corrected chi connectivity index (χ0v) is 11.5. The van der Waals surface area contributed by atoms with E-state index < -0.39 is 5.82 Å². The molecule has 1 heterocycles. The van der Waals surface area contributed by atoms with E-state index in [1.54, 1.807) is 19.3 Å². The van der Waals surface area contributed by atoms with Gasteiger partial charge in [0.2, 0.25) is 5.95 Å². The van der Waals surface area contributed by atoms with E-state index in [1.807, 2.05) is 0 Å². The third kappa shape index (κ3) is 2.77. The van der Waals surface area contributed by atoms with Crippen LogP contribution >= 0.6 is 0 Å². The lowest BCUT2D eigenvalue weighted by Gasteiger charge is -2.10. The first-order valence-corrected chi connectivity index (χ1v) is 6.72. The number of nitriles is 1. The number of nitrogens with one attached hydrogen (secondary N) is 2. The smallest absolute Gasteiger partial charge is 0.229 e. The lowest BCUT2D eigenvalue weighted by atomic mass is 10.0. The van der Waals surface area contributed by atoms with Crippen LogP contribution in [0.4, 0.5) is 21.8 Å². The summed E-state index contributed by atoms with van der Waals surface area (Å²) in [6.07, 6.45) is 3.62. The fraction of sp³-hybridized carbons (Fsp3) is 0.267. The summed E-state index contributed by atoms with van der Waals surface area (Å²) in [5.74, 6) is 0.841. The molecule has 0 bridgehead atoms. The molecule has 21 heavy (non-hydrogen) atoms. The Morgan fingerprint density at radius 2 is 2.19 bits per heavy atom. The van der Waals surface area contributed by atoms with Gasteiger partial charge < -0.3 is 10.6 Å². The molecule has 6 heteroatoms. The number of halogens is 1. The predicted octanol–water partition coefficient (Wildman–Crippen LogP) is 3.15. The molecule has 106 valence electrons. The highest BCUT2D eigenvalue weighted by atomic mass is 19.1. The summed E-state index contributed by atoms with van der Waals surface area (Å²) in [6, 6.07) is 6.81. The van der Waals surface area contributed by atoms with E-state index >= 15 is 0 Å². The first-order chi connectivity index (χ1) is 10.2. The van der Waals surface area contributed by atoms with Crippen molar-refractivity contribution in [3.8, 4) is 6.07 Å². The maximum absolute atomic E-state index is 14.2. The van der Waals surface area contributed by atoms with Gasteiger partial charge in [-0.1, -0.05) is 0 Å². The van der Waals surface area contributed by atoms with Gasteiger partial charge in [-0.15, -0.1) is 0 Å². The average Bonchev–Trinajstić information content (AvgIpc) is 3.34. The number of benzene rings is 1. The van der Waals surface area contributed by atoms with Crippen LogP contribution < -0.4 is 10.6 Å². The molecule has 0 unspecified atom stereocenters. The van der Waals surface area contributed by atoms with Gasteiger partial charge in [0.05, 0.1) is 17.3 Å². The minimum absolute atomic E-state index is 0.212. The van der Waals surface area contributed by atoms with E-state index in [-0.39, 0.29) is 11.6 Å². The lowest BCUT2D eigenvalue weighted by Crippen LogP contribution is -2.03. The third-order valence-electron chi connectivity index (χ3n) is 3.44. The summed E-state index contributed by atoms with van der Waals surface area (Å²) in [5.41, 5.74) is 1.51. The summed E-state index contributed by atoms with van der Waals surface area (Å²) < 4.78 is 14.2. The molecular formula is C15H14FN5. The van der Waals surface area contributed by atoms with Gasteiger partial charge in [0.1, 0.15) is 11.6 Å². The summed E-state index contributed by atoms with van der Waals surface area (Å²) in [4.78, 5) is 8.21. The Morgan fingerprint density at radius 3 is 2.86 bits per heavy atom. The summed E-state index contributed by atoms with van der Waals surface area (Å²) >= 11 is 0. The quantitative estimate of drug-likeness (QED) is 0.901. The van der Waals surface area contributed by atoms with E-state index in [9.17, 15) is 9.65 Å². The van der Waals surface area contributed by atoms with Crippen molar-refractivity contribution < 1.29 is 4.39 Å². The molecule has 1 saturated carbocycles. The zero-order chi connectivity index (χ0) is 14.8. The van der Waals surface area contributed by atoms with Crippen LogP contribution in [0.2, 0.25) is 0 Å². The maximum atomic E-state index is 14.2. The van der Waals surface area contributed by atoms with E-state index in [4.69, 9.17) is 0 Å². The van der Waals surface area contributed by atoms with Crippen LogP contribution in [0.1, 0.15) is 29.9 Å². The topological polar surface area (TPSA) is 73.6 Å². The zero-order valence-electron chi connectivity index (χ0n) is 11.5. The number of hydrogen-bond acceptors (Lipinski definition) is 5. The second-order valence-corrected chi connectivity index (χ2v) is 4.95. The van der Waals surface area contributed by atoms with Crippen LogP contribution in [-0.4, -0.2) is 17.0 Å². The monoisotopic (exact) mass is 283 g/mol. The highest BCUT2D eigenvalue weighted by Gasteiger charge is 2.27. The molecule has 0 spiro atoms. The summed E-state index contributed by atoms with van der Waals surface area (Å²) in [6.45, 7) is 0. The first kappa shape index (κ1) is 13.3. The molecule has 1 aliphatic rings. The Balaban J connectivity index is 1.93. The average molecular weight is 283 g/mol. The maximum Gasteiger partial charge on any atom is 0.229 e. The van der Waals surface area contributed by atoms with Crippen molar-refractivity contribution in [3.63, 3.8) is 0 Å². The van der Waals surface area contributed by atoms with Crippen LogP contribution in [0, 0.1) is 17.1 Å². The van der Waals surface area contributed by atoms with E-state index in [0.29, 0.717) is 17.3 Å². The van der Waals surface area contributed by atoms with E-state index in [1.165, 1.54) is 12.1 Å². The molecule has 1 aromatic heterocycles. The summed E-state index contributed by atoms with van der Waals surface area (Å²) in [5, 5.41) is 14.9. The number of anilines is 3. The van der Waals surface area contributed by atoms with Crippen molar-refractivity contribution in [3.05, 3.63) is 41.3 Å². The Morgan fingerprint density at radius 1 is 1.38 bits per heavy atom. The van der Waals surface area contributed by atoms with Crippen molar-refractivity contribution in [2.45, 2.75) is 18.8 Å². The largest absolute Gasteiger partial charge is 0.373 e. The molecule has 1 aromatic carbocycles. The van der Waals surface area contributed by atoms with Crippen LogP contribution in [-0.2, 0) is 0 Å². The lowest BCUT2D eigenvalue weighted by molar-refractivity contribution is 0.629. The Bertz CT molecular complexity index is 718. The molecule has 0 saturated heterocycles. The Kier molecular flexibility index (Phi) is 3.40. The minimum atomic E-state index is -0.394. The molecule has 3 rings (SSSR count). The van der Waals surface area contributed by atoms with Gasteiger partial charge in [-0.2, -0.15) is 10.2 Å². The second-order valence-electron chi connectivity index (χ2n) is 4.95. The molecular weight excluding hydrogens is 269 g/mol. The molecule has 5 nitrogen and oxygen atoms in total. The van der Waals surface area contributed by atoms with E-state index in [2.05, 4.69) is 26.7 Å². The van der Waals surface area contributed by atoms with Gasteiger partial charge in [-0.05, 0) is 42.5 Å². The second kappa shape index (κ2) is 5.37. The summed E-state index contributed by atoms with van der Waals surface area (Å²) in [7, 11) is 1.74. The number of hydrogen-bond donors (Lipinski definition) is 2. The van der Waals surface area contributed by atoms with Crippen molar-refractivity contribution in [2.24, 2.45) is 0 Å². The van der Waals surface area contributed by atoms with Crippen molar-refractivity contribution in [2.75, 3.05) is 17.7 Å². The number of aromatic nitrogens is 2. The number of rotatable bonds is 4. The molecule has 0 atom stereocenters. The van der Waals surface area contributed by atoms with Gasteiger partial charge >= 0.3 is 0 Å². The molecule has 1 aliphatic carbocycles. The van der Waals surface area contributed by atoms with Crippen molar-refractivity contribution >= 4 is 17.5 Å². The fourth-order valence-corrected chi connectivity index (χ4v) is 2.19. The van der Waals surface area contributed by atoms with Crippen molar-refractivity contribution in [1.82, 2.24) is 9.97 Å². The van der Waals surface area contributed by atoms with Crippen LogP contribution in [0.25, 0.3) is 0 Å². The van der Waals surface area contributed by atoms with Gasteiger partial charge in [0.25, 0.3) is 0 Å². The SMILES string of the molecule is CNc1ccnc(Nc2cc(C#N)c(C3CC3)cc2F)n1. The predicted molar refractivity (Wildman–Crippen MR) is 78.0 cm³/mol. The molecule has 0 aliphatic heterocycles. The minimum Gasteiger partial charge on any atom is -0.373 e. The first-order valence-electron chi connectivity index (χ1n) is 6.72. The molecule has 2 aromatic rings. The molecule has 0 amide bonds. The van der Waals surface area contributed by atoms with Crippen LogP contribution in [0.15, 0.2) is 24.4 Å². The van der Waals surface area contributed by atoms with Gasteiger partial charge in [-0.25, -0.2) is 9.37 Å². The third-order valence-corrected chi connectivity index (χ3v) is 3.44. The van der Waals surface area contributed by atoms with Gasteiger partial charge in [-0.3, -0.25) is 0 Å². The Hall–Kier alpha value is -2.68. The fourth-order valence-electron chi connectivity index (χ4n) is 2.19. The van der Waals surface area contributed by atoms with Crippen molar-refractivity contribution in [1.29, 1.82) is 5.26 Å². The molecule has 1 fully saturated rings. The normalized spacial score (nSPS) is 13.6. The van der Waals surface area contributed by atoms with E-state index in [0.717, 1.165) is 18.4 Å². The standard InChI is InChI=1S/C15H14FN5/c1-18-14-4-5-19-15(21-14)20-13-6-10(8-17)11(7-12(13)16)9-2-3-9/h4-7,9H,2-3H2,1H3,(H2,18,19,20,21). The highest BCUT2D eigenvalue weighted by Crippen LogP contribution is 2.42. The van der Waals surface area contributed by atoms with Gasteiger partial charge in [0.15, 0.2) is 0 Å². The molecule has 0 radical (unpaired) electrons. The number of nitrogens with zero attached hydrogens (tertiary/aromatic N) is 3. The van der Waals surface area contributed by atoms with Crippen LogP contribution in [0.5, 0.6) is 0 Å². The van der Waals surface area contributed by atoms with Gasteiger partial charge in [0, 0.05) is 13.2 Å². The van der Waals surface area contributed by atoms with Crippen LogP contribution in [0.3, 0.4) is 0 Å². The Labute approximate surface area is 121 Å². The molecule has 2 N–H and O–H groups in total. The highest BCUT2D eigenvalue weighted by molar-refractivity contribution is 5.61.